The van der Waals surface area contributed by atoms with E-state index in [0.717, 1.165) is 35.8 Å². The maximum atomic E-state index is 13.0. The summed E-state index contributed by atoms with van der Waals surface area (Å²) in [5, 5.41) is 1.71. The minimum Gasteiger partial charge on any atom is -0.302 e. The Hall–Kier alpha value is -2.08. The van der Waals surface area contributed by atoms with Gasteiger partial charge in [0.2, 0.25) is 0 Å². The second-order valence-corrected chi connectivity index (χ2v) is 8.65. The van der Waals surface area contributed by atoms with Crippen molar-refractivity contribution in [2.45, 2.75) is 24.8 Å². The van der Waals surface area contributed by atoms with Gasteiger partial charge in [-0.3, -0.25) is 4.72 Å². The summed E-state index contributed by atoms with van der Waals surface area (Å²) >= 11 is 0. The molecule has 1 N–H and O–H groups in total. The molecule has 1 aliphatic rings. The van der Waals surface area contributed by atoms with E-state index < -0.39 is 10.0 Å². The third-order valence-electron chi connectivity index (χ3n) is 5.05. The van der Waals surface area contributed by atoms with E-state index >= 15 is 0 Å². The molecule has 0 amide bonds. The summed E-state index contributed by atoms with van der Waals surface area (Å²) in [5.41, 5.74) is 4.17. The predicted molar refractivity (Wildman–Crippen MR) is 113 cm³/mol. The van der Waals surface area contributed by atoms with Crippen molar-refractivity contribution in [3.63, 3.8) is 0 Å². The molecule has 3 aromatic carbocycles. The lowest BCUT2D eigenvalue weighted by Crippen LogP contribution is -2.26. The Labute approximate surface area is 166 Å². The maximum absolute atomic E-state index is 13.0. The van der Waals surface area contributed by atoms with Crippen LogP contribution in [0.1, 0.15) is 16.7 Å². The number of fused-ring (bicyclic) bond motifs is 2. The van der Waals surface area contributed by atoms with Crippen LogP contribution in [0.2, 0.25) is 0 Å². The Balaban J connectivity index is 0.00000210. The molecular weight excluding hydrogens is 380 g/mol. The van der Waals surface area contributed by atoms with Gasteiger partial charge in [-0.25, -0.2) is 8.42 Å². The van der Waals surface area contributed by atoms with Crippen LogP contribution in [0.15, 0.2) is 59.5 Å². The van der Waals surface area contributed by atoms with E-state index in [-0.39, 0.29) is 12.4 Å². The normalized spacial score (nSPS) is 14.4. The molecule has 0 spiro atoms. The number of rotatable bonds is 3. The molecule has 3 aromatic rings. The van der Waals surface area contributed by atoms with Gasteiger partial charge in [0.25, 0.3) is 10.0 Å². The molecular formula is C21H23ClN2O2S. The van der Waals surface area contributed by atoms with Crippen molar-refractivity contribution < 1.29 is 8.42 Å². The summed E-state index contributed by atoms with van der Waals surface area (Å²) in [6, 6.07) is 17.0. The van der Waals surface area contributed by atoms with Gasteiger partial charge >= 0.3 is 0 Å². The molecule has 4 rings (SSSR count). The zero-order valence-electron chi connectivity index (χ0n) is 15.4. The predicted octanol–water partition coefficient (Wildman–Crippen LogP) is 4.36. The van der Waals surface area contributed by atoms with E-state index in [1.807, 2.05) is 55.5 Å². The van der Waals surface area contributed by atoms with Gasteiger partial charge in [0, 0.05) is 24.2 Å². The van der Waals surface area contributed by atoms with Crippen molar-refractivity contribution in [2.24, 2.45) is 0 Å². The molecule has 0 aromatic heterocycles. The Morgan fingerprint density at radius 1 is 0.963 bits per heavy atom. The zero-order chi connectivity index (χ0) is 18.3. The minimum atomic E-state index is -3.66. The summed E-state index contributed by atoms with van der Waals surface area (Å²) in [6.07, 6.45) is 1.00. The summed E-state index contributed by atoms with van der Waals surface area (Å²) in [5.74, 6) is 0. The van der Waals surface area contributed by atoms with Crippen molar-refractivity contribution in [1.29, 1.82) is 0 Å². The van der Waals surface area contributed by atoms with Gasteiger partial charge < -0.3 is 4.90 Å². The lowest BCUT2D eigenvalue weighted by Gasteiger charge is -2.25. The van der Waals surface area contributed by atoms with Crippen molar-refractivity contribution in [2.75, 3.05) is 18.3 Å². The van der Waals surface area contributed by atoms with Gasteiger partial charge in [-0.1, -0.05) is 36.4 Å². The number of nitrogens with one attached hydrogen (secondary N) is 1. The van der Waals surface area contributed by atoms with E-state index in [2.05, 4.69) is 16.7 Å². The van der Waals surface area contributed by atoms with Gasteiger partial charge in [0.05, 0.1) is 4.90 Å². The monoisotopic (exact) mass is 402 g/mol. The summed E-state index contributed by atoms with van der Waals surface area (Å²) < 4.78 is 28.8. The highest BCUT2D eigenvalue weighted by molar-refractivity contribution is 7.93. The number of hydrogen-bond donors (Lipinski definition) is 1. The van der Waals surface area contributed by atoms with E-state index in [1.54, 1.807) is 6.07 Å². The first-order chi connectivity index (χ1) is 12.4. The van der Waals surface area contributed by atoms with E-state index in [4.69, 9.17) is 0 Å². The van der Waals surface area contributed by atoms with Crippen LogP contribution in [0, 0.1) is 6.92 Å². The van der Waals surface area contributed by atoms with Crippen LogP contribution in [0.4, 0.5) is 5.69 Å². The molecule has 1 heterocycles. The van der Waals surface area contributed by atoms with Gasteiger partial charge in [-0.05, 0) is 60.7 Å². The van der Waals surface area contributed by atoms with Crippen molar-refractivity contribution in [3.05, 3.63) is 71.3 Å². The first kappa shape index (κ1) is 19.7. The smallest absolute Gasteiger partial charge is 0.262 e. The van der Waals surface area contributed by atoms with Crippen LogP contribution in [-0.2, 0) is 23.0 Å². The highest BCUT2D eigenvalue weighted by atomic mass is 35.5. The number of sulfonamides is 1. The van der Waals surface area contributed by atoms with E-state index in [1.165, 1.54) is 11.1 Å². The summed E-state index contributed by atoms with van der Waals surface area (Å²) in [4.78, 5) is 2.56. The number of nitrogens with zero attached hydrogens (tertiary/aromatic N) is 1. The molecule has 4 nitrogen and oxygen atoms in total. The van der Waals surface area contributed by atoms with Gasteiger partial charge in [-0.15, -0.1) is 12.4 Å². The van der Waals surface area contributed by atoms with Crippen LogP contribution < -0.4 is 4.72 Å². The van der Waals surface area contributed by atoms with Crippen molar-refractivity contribution >= 4 is 38.9 Å². The highest BCUT2D eigenvalue weighted by Crippen LogP contribution is 2.28. The fourth-order valence-electron chi connectivity index (χ4n) is 3.63. The van der Waals surface area contributed by atoms with Gasteiger partial charge in [0.15, 0.2) is 0 Å². The van der Waals surface area contributed by atoms with Crippen molar-refractivity contribution in [3.8, 4) is 0 Å². The maximum Gasteiger partial charge on any atom is 0.262 e. The molecule has 0 aliphatic carbocycles. The molecule has 0 saturated heterocycles. The van der Waals surface area contributed by atoms with Crippen LogP contribution >= 0.6 is 12.4 Å². The third-order valence-corrected chi connectivity index (χ3v) is 6.49. The largest absolute Gasteiger partial charge is 0.302 e. The van der Waals surface area contributed by atoms with E-state index in [0.29, 0.717) is 10.6 Å². The molecule has 0 atom stereocenters. The number of halogens is 1. The molecule has 1 aliphatic heterocycles. The Morgan fingerprint density at radius 2 is 1.70 bits per heavy atom. The van der Waals surface area contributed by atoms with Gasteiger partial charge in [-0.2, -0.15) is 0 Å². The first-order valence-corrected chi connectivity index (χ1v) is 10.2. The standard InChI is InChI=1S/C21H22N2O2S.ClH/c1-15-7-10-21(20-6-4-3-5-19(15)20)26(24,25)22-18-9-8-16-11-12-23(2)14-17(16)13-18;/h3-10,13,22H,11-12,14H2,1-2H3;1H. The van der Waals surface area contributed by atoms with E-state index in [9.17, 15) is 8.42 Å². The SMILES string of the molecule is Cc1ccc(S(=O)(=O)Nc2ccc3c(c2)CN(C)CC3)c2ccccc12.Cl. The number of aryl methyl sites for hydroxylation is 1. The topological polar surface area (TPSA) is 49.4 Å². The van der Waals surface area contributed by atoms with Crippen molar-refractivity contribution in [1.82, 2.24) is 4.90 Å². The second-order valence-electron chi connectivity index (χ2n) is 7.00. The van der Waals surface area contributed by atoms with Crippen LogP contribution in [-0.4, -0.2) is 26.9 Å². The first-order valence-electron chi connectivity index (χ1n) is 8.75. The number of hydrogen-bond acceptors (Lipinski definition) is 3. The van der Waals surface area contributed by atoms with Gasteiger partial charge in [0.1, 0.15) is 0 Å². The molecule has 0 unspecified atom stereocenters. The molecule has 0 radical (unpaired) electrons. The lowest BCUT2D eigenvalue weighted by atomic mass is 10.00. The molecule has 0 fully saturated rings. The lowest BCUT2D eigenvalue weighted by molar-refractivity contribution is 0.313. The summed E-state index contributed by atoms with van der Waals surface area (Å²) in [6.45, 7) is 3.87. The zero-order valence-corrected chi connectivity index (χ0v) is 17.0. The fourth-order valence-corrected chi connectivity index (χ4v) is 4.89. The molecule has 0 saturated carbocycles. The van der Waals surface area contributed by atoms with Crippen LogP contribution in [0.5, 0.6) is 0 Å². The third kappa shape index (κ3) is 3.81. The minimum absolute atomic E-state index is 0. The Bertz CT molecular complexity index is 1100. The highest BCUT2D eigenvalue weighted by Gasteiger charge is 2.20. The number of anilines is 1. The number of benzene rings is 3. The second kappa shape index (κ2) is 7.50. The fraction of sp³-hybridized carbons (Fsp3) is 0.238. The average Bonchev–Trinajstić information content (AvgIpc) is 2.61. The van der Waals surface area contributed by atoms with Crippen LogP contribution in [0.3, 0.4) is 0 Å². The molecule has 0 bridgehead atoms. The Morgan fingerprint density at radius 3 is 2.48 bits per heavy atom. The summed E-state index contributed by atoms with van der Waals surface area (Å²) in [7, 11) is -1.58. The average molecular weight is 403 g/mol. The molecule has 6 heteroatoms. The number of likely N-dealkylation sites (N-methyl/N-ethyl adjacent to an activating group) is 1. The molecule has 142 valence electrons. The molecule has 27 heavy (non-hydrogen) atoms. The van der Waals surface area contributed by atoms with Crippen LogP contribution in [0.25, 0.3) is 10.8 Å². The quantitative estimate of drug-likeness (QED) is 0.708. The Kier molecular flexibility index (Phi) is 5.47.